The lowest BCUT2D eigenvalue weighted by Gasteiger charge is -2.46. The molecule has 0 amide bonds. The van der Waals surface area contributed by atoms with Gasteiger partial charge in [0.1, 0.15) is 23.9 Å². The van der Waals surface area contributed by atoms with E-state index in [-0.39, 0.29) is 0 Å². The summed E-state index contributed by atoms with van der Waals surface area (Å²) in [5, 5.41) is 2.36. The number of aromatic nitrogens is 2. The van der Waals surface area contributed by atoms with Gasteiger partial charge >= 0.3 is 13.0 Å². The first-order valence-corrected chi connectivity index (χ1v) is 12.6. The maximum absolute atomic E-state index is 7.13. The molecule has 4 nitrogen and oxygen atoms in total. The lowest BCUT2D eigenvalue weighted by molar-refractivity contribution is -0.518. The van der Waals surface area contributed by atoms with Crippen LogP contribution < -0.4 is 40.1 Å². The number of pyridine rings is 2. The van der Waals surface area contributed by atoms with Crippen molar-refractivity contribution in [1.82, 2.24) is 0 Å². The number of nitrogens with zero attached hydrogens (tertiary/aromatic N) is 2. The van der Waals surface area contributed by atoms with Crippen molar-refractivity contribution in [3.8, 4) is 11.5 Å². The van der Waals surface area contributed by atoms with Gasteiger partial charge in [0.05, 0.1) is 0 Å². The average Bonchev–Trinajstić information content (AvgIpc) is 3.45. The Kier molecular flexibility index (Phi) is 3.20. The fourth-order valence-electron chi connectivity index (χ4n) is 7.44. The van der Waals surface area contributed by atoms with Crippen molar-refractivity contribution in [2.24, 2.45) is 0 Å². The van der Waals surface area contributed by atoms with Gasteiger partial charge in [0.2, 0.25) is 11.0 Å². The third kappa shape index (κ3) is 1.92. The van der Waals surface area contributed by atoms with E-state index in [0.717, 1.165) is 22.5 Å². The molecule has 0 unspecified atom stereocenters. The van der Waals surface area contributed by atoms with Gasteiger partial charge in [0.25, 0.3) is 0 Å². The van der Waals surface area contributed by atoms with Crippen LogP contribution in [0.5, 0.6) is 11.5 Å². The topological polar surface area (TPSA) is 26.2 Å². The predicted octanol–water partition coefficient (Wildman–Crippen LogP) is 1.88. The molecular weight excluding hydrogens is 442 g/mol. The molecule has 5 heterocycles. The van der Waals surface area contributed by atoms with Crippen LogP contribution in [0.15, 0.2) is 122 Å². The molecule has 4 aromatic carbocycles. The Labute approximate surface area is 207 Å². The highest BCUT2D eigenvalue weighted by Crippen LogP contribution is 2.34. The van der Waals surface area contributed by atoms with Crippen molar-refractivity contribution in [2.75, 3.05) is 0 Å². The lowest BCUT2D eigenvalue weighted by Crippen LogP contribution is -2.97. The summed E-state index contributed by atoms with van der Waals surface area (Å²) in [6.45, 7) is -3.52. The van der Waals surface area contributed by atoms with Crippen LogP contribution in [0.2, 0.25) is 0 Å². The van der Waals surface area contributed by atoms with E-state index in [2.05, 4.69) is 131 Å². The smallest absolute Gasteiger partial charge is 0.508 e. The summed E-state index contributed by atoms with van der Waals surface area (Å²) in [6.07, 6.45) is 4.35. The summed E-state index contributed by atoms with van der Waals surface area (Å²) in [5.74, 6) is 1.85. The maximum atomic E-state index is 7.13. The molecule has 0 saturated heterocycles. The molecule has 0 saturated carbocycles. The Hall–Kier alpha value is -4.57. The molecule has 6 aromatic rings. The predicted molar refractivity (Wildman–Crippen MR) is 143 cm³/mol. The standard InChI is InChI=1S/C30H20B2N2O2/c1-2-14-24-23(13-1)31(33-19-7-11-21-9-5-17-27(35-31)29(21)33)25-15-3-4-16-26(25)32(24)34-20-8-12-22-10-6-18-28(36-32)30(22)34/h1-20H. The molecule has 0 aliphatic carbocycles. The van der Waals surface area contributed by atoms with Gasteiger partial charge in [0.15, 0.2) is 0 Å². The van der Waals surface area contributed by atoms with Crippen LogP contribution in [-0.4, -0.2) is 13.0 Å². The van der Waals surface area contributed by atoms with E-state index in [1.807, 2.05) is 0 Å². The van der Waals surface area contributed by atoms with Crippen molar-refractivity contribution in [3.63, 3.8) is 0 Å². The average molecular weight is 462 g/mol. The molecule has 0 N–H and O–H groups in total. The highest BCUT2D eigenvalue weighted by Gasteiger charge is 2.63. The quantitative estimate of drug-likeness (QED) is 0.323. The summed E-state index contributed by atoms with van der Waals surface area (Å²) >= 11 is 0. The Bertz CT molecular complexity index is 1740. The van der Waals surface area contributed by atoms with Gasteiger partial charge in [-0.2, -0.15) is 0 Å². The lowest BCUT2D eigenvalue weighted by atomic mass is 9.24. The van der Waals surface area contributed by atoms with Crippen LogP contribution in [0.25, 0.3) is 21.8 Å². The normalized spacial score (nSPS) is 22.0. The van der Waals surface area contributed by atoms with Gasteiger partial charge in [-0.15, -0.1) is 21.9 Å². The molecule has 3 aliphatic heterocycles. The third-order valence-electron chi connectivity index (χ3n) is 8.68. The van der Waals surface area contributed by atoms with E-state index in [9.17, 15) is 0 Å². The van der Waals surface area contributed by atoms with Crippen LogP contribution in [0, 0.1) is 0 Å². The summed E-state index contributed by atoms with van der Waals surface area (Å²) in [6, 6.07) is 38.7. The minimum atomic E-state index is -1.76. The Morgan fingerprint density at radius 3 is 1.22 bits per heavy atom. The largest absolute Gasteiger partial charge is 0.647 e. The van der Waals surface area contributed by atoms with Crippen molar-refractivity contribution in [2.45, 2.75) is 0 Å². The molecule has 3 aliphatic rings. The second-order valence-electron chi connectivity index (χ2n) is 10.2. The van der Waals surface area contributed by atoms with E-state index in [4.69, 9.17) is 9.31 Å². The van der Waals surface area contributed by atoms with E-state index in [0.29, 0.717) is 0 Å². The van der Waals surface area contributed by atoms with Gasteiger partial charge in [-0.3, -0.25) is 0 Å². The summed E-state index contributed by atoms with van der Waals surface area (Å²) in [4.78, 5) is 0. The van der Waals surface area contributed by atoms with Crippen molar-refractivity contribution in [1.29, 1.82) is 0 Å². The minimum absolute atomic E-state index is 0.923. The number of fused-ring (bicyclic) bond motifs is 8. The fraction of sp³-hybridized carbons (Fsp3) is 0. The first-order chi connectivity index (χ1) is 17.8. The van der Waals surface area contributed by atoms with Crippen molar-refractivity contribution < 1.29 is 18.3 Å². The molecule has 36 heavy (non-hydrogen) atoms. The maximum Gasteiger partial charge on any atom is 0.508 e. The zero-order valence-electron chi connectivity index (χ0n) is 19.4. The number of para-hydroxylation sites is 2. The van der Waals surface area contributed by atoms with Gasteiger partial charge in [0, 0.05) is 10.8 Å². The van der Waals surface area contributed by atoms with Gasteiger partial charge in [-0.25, -0.2) is 0 Å². The first kappa shape index (κ1) is 18.7. The zero-order chi connectivity index (χ0) is 23.5. The van der Waals surface area contributed by atoms with Crippen LogP contribution in [-0.2, 0) is 0 Å². The van der Waals surface area contributed by atoms with Crippen molar-refractivity contribution >= 4 is 56.6 Å². The van der Waals surface area contributed by atoms with E-state index in [1.54, 1.807) is 0 Å². The molecule has 0 bridgehead atoms. The van der Waals surface area contributed by atoms with Gasteiger partial charge in [-0.05, 0) is 48.5 Å². The molecule has 0 radical (unpaired) electrons. The Morgan fingerprint density at radius 2 is 0.806 bits per heavy atom. The third-order valence-corrected chi connectivity index (χ3v) is 8.68. The number of hydrogen-bond acceptors (Lipinski definition) is 2. The second-order valence-corrected chi connectivity index (χ2v) is 10.2. The number of benzene rings is 4. The Morgan fingerprint density at radius 1 is 0.417 bits per heavy atom. The Balaban J connectivity index is 1.46. The van der Waals surface area contributed by atoms with E-state index >= 15 is 0 Å². The zero-order valence-corrected chi connectivity index (χ0v) is 19.4. The van der Waals surface area contributed by atoms with Crippen LogP contribution in [0.1, 0.15) is 0 Å². The highest BCUT2D eigenvalue weighted by atomic mass is 16.5. The summed E-state index contributed by atoms with van der Waals surface area (Å²) in [5.41, 5.74) is 6.95. The van der Waals surface area contributed by atoms with E-state index < -0.39 is 13.0 Å². The van der Waals surface area contributed by atoms with Gasteiger partial charge < -0.3 is 18.3 Å². The monoisotopic (exact) mass is 462 g/mol. The van der Waals surface area contributed by atoms with Crippen LogP contribution >= 0.6 is 0 Å². The molecule has 2 spiro atoms. The molecule has 2 aromatic heterocycles. The van der Waals surface area contributed by atoms with Crippen LogP contribution in [0.4, 0.5) is 0 Å². The fourth-order valence-corrected chi connectivity index (χ4v) is 7.44. The summed E-state index contributed by atoms with van der Waals surface area (Å²) < 4.78 is 19.0. The van der Waals surface area contributed by atoms with Crippen molar-refractivity contribution in [3.05, 3.63) is 122 Å². The first-order valence-electron chi connectivity index (χ1n) is 12.6. The van der Waals surface area contributed by atoms with E-state index in [1.165, 1.54) is 32.6 Å². The SMILES string of the molecule is c1ccc2c(c1)[B-]1(Oc3cccc4ccc[n+]1c34)c1ccccc1[B-]21Oc2cccc3ccc[n+]1c23. The van der Waals surface area contributed by atoms with Gasteiger partial charge in [-0.1, -0.05) is 60.7 Å². The highest BCUT2D eigenvalue weighted by molar-refractivity contribution is 7.09. The molecule has 6 heteroatoms. The number of hydrogen-bond donors (Lipinski definition) is 0. The van der Waals surface area contributed by atoms with Crippen LogP contribution in [0.3, 0.4) is 0 Å². The molecule has 168 valence electrons. The molecule has 0 atom stereocenters. The summed E-state index contributed by atoms with van der Waals surface area (Å²) in [7, 11) is 0. The molecule has 0 fully saturated rings. The molecule has 9 rings (SSSR count). The second kappa shape index (κ2) is 6.16. The molecular formula is C30H20B2N2O2. The number of rotatable bonds is 0. The minimum Gasteiger partial charge on any atom is -0.647 e.